The van der Waals surface area contributed by atoms with Crippen LogP contribution in [-0.4, -0.2) is 29.0 Å². The quantitative estimate of drug-likeness (QED) is 0.376. The third-order valence-corrected chi connectivity index (χ3v) is 4.00. The molecule has 1 N–H and O–H groups in total. The molecule has 7 nitrogen and oxygen atoms in total. The molecule has 12 heteroatoms. The van der Waals surface area contributed by atoms with Gasteiger partial charge in [-0.2, -0.15) is 13.2 Å². The SMILES string of the molecule is O=C(NCC=CCOc1ncc(C(F)(F)F)cc1Cl)c1cc([N+](=O)[O-])ccc1Cl. The summed E-state index contributed by atoms with van der Waals surface area (Å²) in [6.45, 7) is -0.0130. The van der Waals surface area contributed by atoms with Crippen LogP contribution in [0.1, 0.15) is 15.9 Å². The molecule has 0 radical (unpaired) electrons. The number of alkyl halides is 3. The molecule has 0 bridgehead atoms. The van der Waals surface area contributed by atoms with Crippen molar-refractivity contribution in [2.45, 2.75) is 6.18 Å². The number of ether oxygens (including phenoxy) is 1. The van der Waals surface area contributed by atoms with Crippen LogP contribution in [0.2, 0.25) is 10.0 Å². The van der Waals surface area contributed by atoms with Gasteiger partial charge in [-0.3, -0.25) is 14.9 Å². The molecule has 0 spiro atoms. The Labute approximate surface area is 172 Å². The predicted octanol–water partition coefficient (Wildman–Crippen LogP) is 4.68. The number of carbonyl (C=O) groups is 1. The van der Waals surface area contributed by atoms with Crippen LogP contribution in [0.15, 0.2) is 42.6 Å². The molecule has 29 heavy (non-hydrogen) atoms. The zero-order valence-electron chi connectivity index (χ0n) is 14.4. The van der Waals surface area contributed by atoms with E-state index in [9.17, 15) is 28.1 Å². The van der Waals surface area contributed by atoms with Crippen LogP contribution in [0.25, 0.3) is 0 Å². The molecule has 0 aliphatic heterocycles. The standard InChI is InChI=1S/C17H12Cl2F3N3O4/c18-13-4-3-11(25(27)28)8-12(13)15(26)23-5-1-2-6-29-16-14(19)7-10(9-24-16)17(20,21)22/h1-4,7-9H,5-6H2,(H,23,26). The molecule has 0 fully saturated rings. The molecule has 0 saturated heterocycles. The van der Waals surface area contributed by atoms with E-state index in [-0.39, 0.29) is 40.3 Å². The number of halogens is 5. The first-order chi connectivity index (χ1) is 13.6. The number of nitrogens with one attached hydrogen (secondary N) is 1. The van der Waals surface area contributed by atoms with Crippen molar-refractivity contribution >= 4 is 34.8 Å². The van der Waals surface area contributed by atoms with Gasteiger partial charge in [0.15, 0.2) is 0 Å². The summed E-state index contributed by atoms with van der Waals surface area (Å²) in [6.07, 6.45) is -0.977. The average molecular weight is 450 g/mol. The van der Waals surface area contributed by atoms with E-state index in [0.717, 1.165) is 6.07 Å². The fourth-order valence-corrected chi connectivity index (χ4v) is 2.44. The highest BCUT2D eigenvalue weighted by Crippen LogP contribution is 2.33. The van der Waals surface area contributed by atoms with Gasteiger partial charge in [0, 0.05) is 24.9 Å². The Morgan fingerprint density at radius 3 is 2.59 bits per heavy atom. The molecule has 1 aromatic heterocycles. The van der Waals surface area contributed by atoms with Gasteiger partial charge in [0.2, 0.25) is 5.88 Å². The fraction of sp³-hybridized carbons (Fsp3) is 0.176. The summed E-state index contributed by atoms with van der Waals surface area (Å²) in [7, 11) is 0. The second-order valence-corrected chi connectivity index (χ2v) is 6.24. The molecule has 2 rings (SSSR count). The number of non-ortho nitro benzene ring substituents is 1. The van der Waals surface area contributed by atoms with Crippen molar-refractivity contribution < 1.29 is 27.6 Å². The van der Waals surface area contributed by atoms with Crippen molar-refractivity contribution in [3.63, 3.8) is 0 Å². The maximum absolute atomic E-state index is 12.5. The van der Waals surface area contributed by atoms with Gasteiger partial charge in [-0.05, 0) is 18.2 Å². The number of hydrogen-bond donors (Lipinski definition) is 1. The van der Waals surface area contributed by atoms with E-state index in [1.807, 2.05) is 0 Å². The van der Waals surface area contributed by atoms with E-state index in [0.29, 0.717) is 12.3 Å². The van der Waals surface area contributed by atoms with E-state index in [4.69, 9.17) is 27.9 Å². The van der Waals surface area contributed by atoms with Crippen LogP contribution in [-0.2, 0) is 6.18 Å². The largest absolute Gasteiger partial charge is 0.472 e. The van der Waals surface area contributed by atoms with Crippen LogP contribution in [0.5, 0.6) is 5.88 Å². The number of nitro groups is 1. The number of pyridine rings is 1. The van der Waals surface area contributed by atoms with Crippen molar-refractivity contribution in [3.05, 3.63) is 73.9 Å². The Morgan fingerprint density at radius 2 is 1.97 bits per heavy atom. The molecule has 0 aliphatic rings. The molecule has 2 aromatic rings. The van der Waals surface area contributed by atoms with Crippen LogP contribution >= 0.6 is 23.2 Å². The number of rotatable bonds is 7. The molecule has 0 unspecified atom stereocenters. The van der Waals surface area contributed by atoms with Crippen molar-refractivity contribution in [2.75, 3.05) is 13.2 Å². The molecule has 154 valence electrons. The summed E-state index contributed by atoms with van der Waals surface area (Å²) in [5, 5.41) is 13.0. The Hall–Kier alpha value is -2.85. The van der Waals surface area contributed by atoms with Crippen LogP contribution < -0.4 is 10.1 Å². The van der Waals surface area contributed by atoms with Crippen molar-refractivity contribution in [1.82, 2.24) is 10.3 Å². The van der Waals surface area contributed by atoms with Crippen molar-refractivity contribution in [3.8, 4) is 5.88 Å². The molecule has 0 atom stereocenters. The first-order valence-corrected chi connectivity index (χ1v) is 8.58. The van der Waals surface area contributed by atoms with Crippen molar-refractivity contribution in [2.24, 2.45) is 0 Å². The Bertz CT molecular complexity index is 952. The van der Waals surface area contributed by atoms with Gasteiger partial charge >= 0.3 is 6.18 Å². The van der Waals surface area contributed by atoms with Crippen LogP contribution in [0, 0.1) is 10.1 Å². The van der Waals surface area contributed by atoms with Gasteiger partial charge in [-0.1, -0.05) is 29.3 Å². The Morgan fingerprint density at radius 1 is 1.24 bits per heavy atom. The van der Waals surface area contributed by atoms with Crippen LogP contribution in [0.4, 0.5) is 18.9 Å². The molecule has 1 aromatic carbocycles. The molecule has 1 heterocycles. The lowest BCUT2D eigenvalue weighted by Crippen LogP contribution is -2.23. The van der Waals surface area contributed by atoms with Gasteiger partial charge in [0.05, 0.1) is 21.1 Å². The summed E-state index contributed by atoms with van der Waals surface area (Å²) < 4.78 is 42.8. The first kappa shape index (κ1) is 22.4. The maximum atomic E-state index is 12.5. The summed E-state index contributed by atoms with van der Waals surface area (Å²) in [5.41, 5.74) is -1.32. The smallest absolute Gasteiger partial charge is 0.417 e. The first-order valence-electron chi connectivity index (χ1n) is 7.82. The Balaban J connectivity index is 1.85. The average Bonchev–Trinajstić information content (AvgIpc) is 2.64. The number of carbonyl (C=O) groups excluding carboxylic acids is 1. The van der Waals surface area contributed by atoms with E-state index < -0.39 is 22.6 Å². The fourth-order valence-electron chi connectivity index (χ4n) is 2.01. The van der Waals surface area contributed by atoms with E-state index in [2.05, 4.69) is 10.3 Å². The van der Waals surface area contributed by atoms with Gasteiger partial charge in [0.1, 0.15) is 11.6 Å². The van der Waals surface area contributed by atoms with E-state index >= 15 is 0 Å². The zero-order chi connectivity index (χ0) is 21.6. The minimum absolute atomic E-state index is 0.0498. The number of aromatic nitrogens is 1. The lowest BCUT2D eigenvalue weighted by molar-refractivity contribution is -0.384. The van der Waals surface area contributed by atoms with Gasteiger partial charge in [-0.25, -0.2) is 4.98 Å². The third-order valence-electron chi connectivity index (χ3n) is 3.40. The third kappa shape index (κ3) is 6.33. The summed E-state index contributed by atoms with van der Waals surface area (Å²) in [4.78, 5) is 25.7. The van der Waals surface area contributed by atoms with Gasteiger partial charge in [0.25, 0.3) is 11.6 Å². The number of hydrogen-bond acceptors (Lipinski definition) is 5. The lowest BCUT2D eigenvalue weighted by Gasteiger charge is -2.09. The number of nitro benzene ring substituents is 1. The van der Waals surface area contributed by atoms with E-state index in [1.54, 1.807) is 0 Å². The monoisotopic (exact) mass is 449 g/mol. The van der Waals surface area contributed by atoms with Gasteiger partial charge < -0.3 is 10.1 Å². The minimum Gasteiger partial charge on any atom is -0.472 e. The lowest BCUT2D eigenvalue weighted by atomic mass is 10.2. The highest BCUT2D eigenvalue weighted by molar-refractivity contribution is 6.34. The van der Waals surface area contributed by atoms with Gasteiger partial charge in [-0.15, -0.1) is 0 Å². The highest BCUT2D eigenvalue weighted by atomic mass is 35.5. The zero-order valence-corrected chi connectivity index (χ0v) is 15.9. The minimum atomic E-state index is -4.56. The molecule has 0 saturated carbocycles. The number of nitrogens with zero attached hydrogens (tertiary/aromatic N) is 2. The number of benzene rings is 1. The summed E-state index contributed by atoms with van der Waals surface area (Å²) >= 11 is 11.6. The summed E-state index contributed by atoms with van der Waals surface area (Å²) in [5.74, 6) is -0.784. The normalized spacial score (nSPS) is 11.5. The predicted molar refractivity (Wildman–Crippen MR) is 99.3 cm³/mol. The van der Waals surface area contributed by atoms with Crippen LogP contribution in [0.3, 0.4) is 0 Å². The Kier molecular flexibility index (Phi) is 7.40. The number of amides is 1. The maximum Gasteiger partial charge on any atom is 0.417 e. The molecule has 0 aliphatic carbocycles. The second-order valence-electron chi connectivity index (χ2n) is 5.42. The molecule has 1 amide bonds. The molecular weight excluding hydrogens is 438 g/mol. The van der Waals surface area contributed by atoms with Crippen molar-refractivity contribution in [1.29, 1.82) is 0 Å². The second kappa shape index (κ2) is 9.57. The van der Waals surface area contributed by atoms with E-state index in [1.165, 1.54) is 24.3 Å². The highest BCUT2D eigenvalue weighted by Gasteiger charge is 2.31. The molecular formula is C17H12Cl2F3N3O4. The topological polar surface area (TPSA) is 94.4 Å². The summed E-state index contributed by atoms with van der Waals surface area (Å²) in [6, 6.07) is 4.19.